The van der Waals surface area contributed by atoms with Crippen molar-refractivity contribution in [2.45, 2.75) is 46.6 Å². The summed E-state index contributed by atoms with van der Waals surface area (Å²) in [6.45, 7) is 8.31. The second-order valence-electron chi connectivity index (χ2n) is 4.03. The minimum absolute atomic E-state index is 0.171. The van der Waals surface area contributed by atoms with Crippen molar-refractivity contribution < 1.29 is 9.53 Å². The van der Waals surface area contributed by atoms with Crippen molar-refractivity contribution in [3.8, 4) is 0 Å². The second-order valence-corrected chi connectivity index (χ2v) is 4.03. The minimum atomic E-state index is -0.286. The molecule has 0 radical (unpaired) electrons. The lowest BCUT2D eigenvalue weighted by Gasteiger charge is -2.09. The highest BCUT2D eigenvalue weighted by molar-refractivity contribution is 5.87. The van der Waals surface area contributed by atoms with E-state index >= 15 is 0 Å². The van der Waals surface area contributed by atoms with Gasteiger partial charge in [-0.25, -0.2) is 4.79 Å². The van der Waals surface area contributed by atoms with Crippen LogP contribution < -0.4 is 0 Å². The molecular formula is C12H20N2O2. The van der Waals surface area contributed by atoms with E-state index in [0.29, 0.717) is 12.3 Å². The number of hydrogen-bond acceptors (Lipinski definition) is 3. The molecule has 1 aromatic heterocycles. The minimum Gasteiger partial charge on any atom is -0.461 e. The Morgan fingerprint density at radius 2 is 2.19 bits per heavy atom. The van der Waals surface area contributed by atoms with E-state index in [4.69, 9.17) is 4.74 Å². The van der Waals surface area contributed by atoms with Gasteiger partial charge in [-0.05, 0) is 33.3 Å². The van der Waals surface area contributed by atoms with Crippen molar-refractivity contribution in [2.75, 3.05) is 6.61 Å². The number of aromatic nitrogens is 2. The zero-order chi connectivity index (χ0) is 12.1. The fraction of sp³-hybridized carbons (Fsp3) is 0.667. The normalized spacial score (nSPS) is 10.8. The average molecular weight is 224 g/mol. The Hall–Kier alpha value is -1.32. The first-order valence-electron chi connectivity index (χ1n) is 5.85. The third kappa shape index (κ3) is 2.84. The van der Waals surface area contributed by atoms with E-state index in [1.54, 1.807) is 11.6 Å². The lowest BCUT2D eigenvalue weighted by molar-refractivity contribution is 0.0510. The smallest absolute Gasteiger partial charge is 0.356 e. The van der Waals surface area contributed by atoms with Crippen LogP contribution in [-0.4, -0.2) is 22.4 Å². The van der Waals surface area contributed by atoms with E-state index in [-0.39, 0.29) is 12.0 Å². The number of hydrogen-bond donors (Lipinski definition) is 0. The van der Waals surface area contributed by atoms with Crippen LogP contribution >= 0.6 is 0 Å². The molecule has 0 N–H and O–H groups in total. The van der Waals surface area contributed by atoms with Gasteiger partial charge in [0, 0.05) is 6.04 Å². The summed E-state index contributed by atoms with van der Waals surface area (Å²) in [5.41, 5.74) is 1.51. The van der Waals surface area contributed by atoms with Gasteiger partial charge >= 0.3 is 5.97 Å². The van der Waals surface area contributed by atoms with Gasteiger partial charge in [0.1, 0.15) is 5.69 Å². The standard InChI is InChI=1S/C12H20N2O2/c1-5-7-10-8-11(12(15)16-6-2)14(13-10)9(3)4/h8-9H,5-7H2,1-4H3. The zero-order valence-electron chi connectivity index (χ0n) is 10.5. The summed E-state index contributed by atoms with van der Waals surface area (Å²) in [6.07, 6.45) is 1.92. The van der Waals surface area contributed by atoms with Crippen molar-refractivity contribution in [3.63, 3.8) is 0 Å². The molecule has 0 unspecified atom stereocenters. The molecule has 0 aromatic carbocycles. The molecule has 1 rings (SSSR count). The van der Waals surface area contributed by atoms with Crippen molar-refractivity contribution in [3.05, 3.63) is 17.5 Å². The van der Waals surface area contributed by atoms with Crippen molar-refractivity contribution in [2.24, 2.45) is 0 Å². The molecule has 0 spiro atoms. The van der Waals surface area contributed by atoms with Crippen LogP contribution in [0.4, 0.5) is 0 Å². The van der Waals surface area contributed by atoms with Gasteiger partial charge in [-0.15, -0.1) is 0 Å². The second kappa shape index (κ2) is 5.68. The number of ether oxygens (including phenoxy) is 1. The van der Waals surface area contributed by atoms with Gasteiger partial charge in [-0.1, -0.05) is 13.3 Å². The number of aryl methyl sites for hydroxylation is 1. The monoisotopic (exact) mass is 224 g/mol. The summed E-state index contributed by atoms with van der Waals surface area (Å²) in [6, 6.07) is 2.01. The Labute approximate surface area is 96.6 Å². The average Bonchev–Trinajstić information content (AvgIpc) is 2.63. The fourth-order valence-electron chi connectivity index (χ4n) is 1.57. The molecule has 0 bridgehead atoms. The molecule has 0 amide bonds. The highest BCUT2D eigenvalue weighted by Gasteiger charge is 2.17. The number of nitrogens with zero attached hydrogens (tertiary/aromatic N) is 2. The van der Waals surface area contributed by atoms with Crippen LogP contribution in [0, 0.1) is 0 Å². The molecule has 0 atom stereocenters. The van der Waals surface area contributed by atoms with E-state index in [9.17, 15) is 4.79 Å². The van der Waals surface area contributed by atoms with Gasteiger partial charge in [-0.2, -0.15) is 5.10 Å². The molecule has 0 fully saturated rings. The first kappa shape index (κ1) is 12.7. The van der Waals surface area contributed by atoms with Crippen molar-refractivity contribution in [1.82, 2.24) is 9.78 Å². The third-order valence-corrected chi connectivity index (χ3v) is 2.27. The maximum absolute atomic E-state index is 11.7. The first-order chi connectivity index (χ1) is 7.60. The van der Waals surface area contributed by atoms with E-state index in [1.807, 2.05) is 19.9 Å². The fourth-order valence-corrected chi connectivity index (χ4v) is 1.57. The molecule has 0 saturated heterocycles. The van der Waals surface area contributed by atoms with Gasteiger partial charge in [-0.3, -0.25) is 4.68 Å². The van der Waals surface area contributed by atoms with Crippen LogP contribution in [0.1, 0.15) is 56.3 Å². The van der Waals surface area contributed by atoms with E-state index in [1.165, 1.54) is 0 Å². The van der Waals surface area contributed by atoms with Crippen LogP contribution in [0.15, 0.2) is 6.07 Å². The first-order valence-corrected chi connectivity index (χ1v) is 5.85. The largest absolute Gasteiger partial charge is 0.461 e. The number of rotatable bonds is 5. The van der Waals surface area contributed by atoms with E-state index in [0.717, 1.165) is 18.5 Å². The van der Waals surface area contributed by atoms with Gasteiger partial charge in [0.2, 0.25) is 0 Å². The summed E-state index contributed by atoms with van der Waals surface area (Å²) >= 11 is 0. The quantitative estimate of drug-likeness (QED) is 0.722. The summed E-state index contributed by atoms with van der Waals surface area (Å²) in [4.78, 5) is 11.7. The predicted molar refractivity (Wildman–Crippen MR) is 62.6 cm³/mol. The molecule has 4 nitrogen and oxygen atoms in total. The molecule has 0 aliphatic rings. The number of esters is 1. The Balaban J connectivity index is 2.99. The Bertz CT molecular complexity index is 356. The molecule has 16 heavy (non-hydrogen) atoms. The molecule has 0 aliphatic carbocycles. The Morgan fingerprint density at radius 3 is 2.69 bits per heavy atom. The predicted octanol–water partition coefficient (Wildman–Crippen LogP) is 2.59. The topological polar surface area (TPSA) is 44.1 Å². The van der Waals surface area contributed by atoms with Crippen LogP contribution in [-0.2, 0) is 11.2 Å². The summed E-state index contributed by atoms with van der Waals surface area (Å²) < 4.78 is 6.75. The van der Waals surface area contributed by atoms with E-state index in [2.05, 4.69) is 12.0 Å². The maximum Gasteiger partial charge on any atom is 0.356 e. The van der Waals surface area contributed by atoms with Gasteiger partial charge in [0.25, 0.3) is 0 Å². The van der Waals surface area contributed by atoms with Crippen LogP contribution in [0.25, 0.3) is 0 Å². The SMILES string of the molecule is CCCc1cc(C(=O)OCC)n(C(C)C)n1. The Kier molecular flexibility index (Phi) is 4.52. The zero-order valence-corrected chi connectivity index (χ0v) is 10.5. The van der Waals surface area contributed by atoms with Crippen molar-refractivity contribution in [1.29, 1.82) is 0 Å². The van der Waals surface area contributed by atoms with Crippen LogP contribution in [0.5, 0.6) is 0 Å². The molecule has 0 saturated carbocycles. The highest BCUT2D eigenvalue weighted by Crippen LogP contribution is 2.13. The lowest BCUT2D eigenvalue weighted by Crippen LogP contribution is -2.14. The molecule has 4 heteroatoms. The van der Waals surface area contributed by atoms with Crippen LogP contribution in [0.2, 0.25) is 0 Å². The Morgan fingerprint density at radius 1 is 1.50 bits per heavy atom. The lowest BCUT2D eigenvalue weighted by atomic mass is 10.2. The summed E-state index contributed by atoms with van der Waals surface area (Å²) in [5.74, 6) is -0.286. The maximum atomic E-state index is 11.7. The van der Waals surface area contributed by atoms with Gasteiger partial charge in [0.05, 0.1) is 12.3 Å². The van der Waals surface area contributed by atoms with E-state index < -0.39 is 0 Å². The van der Waals surface area contributed by atoms with Gasteiger partial charge in [0.15, 0.2) is 0 Å². The number of carbonyl (C=O) groups is 1. The van der Waals surface area contributed by atoms with Crippen LogP contribution in [0.3, 0.4) is 0 Å². The van der Waals surface area contributed by atoms with Crippen molar-refractivity contribution >= 4 is 5.97 Å². The molecule has 1 heterocycles. The summed E-state index contributed by atoms with van der Waals surface area (Å²) in [7, 11) is 0. The molecular weight excluding hydrogens is 204 g/mol. The third-order valence-electron chi connectivity index (χ3n) is 2.27. The highest BCUT2D eigenvalue weighted by atomic mass is 16.5. The number of carbonyl (C=O) groups excluding carboxylic acids is 1. The molecule has 1 aromatic rings. The molecule has 90 valence electrons. The molecule has 0 aliphatic heterocycles. The summed E-state index contributed by atoms with van der Waals surface area (Å²) in [5, 5.41) is 4.42. The van der Waals surface area contributed by atoms with Gasteiger partial charge < -0.3 is 4.74 Å².